The molecule has 3 heterocycles. The maximum atomic E-state index is 13.9. The second-order valence-electron chi connectivity index (χ2n) is 7.81. The van der Waals surface area contributed by atoms with Crippen LogP contribution in [-0.4, -0.2) is 62.3 Å². The van der Waals surface area contributed by atoms with Crippen LogP contribution in [0.3, 0.4) is 0 Å². The maximum Gasteiger partial charge on any atom is 0.276 e. The number of hydrogen-bond acceptors (Lipinski definition) is 4. The van der Waals surface area contributed by atoms with Gasteiger partial charge >= 0.3 is 0 Å². The van der Waals surface area contributed by atoms with Crippen molar-refractivity contribution in [2.45, 2.75) is 51.1 Å². The van der Waals surface area contributed by atoms with Gasteiger partial charge in [-0.25, -0.2) is 9.07 Å². The highest BCUT2D eigenvalue weighted by molar-refractivity contribution is 5.92. The number of benzene rings is 1. The first kappa shape index (κ1) is 19.5. The Hall–Kier alpha value is -2.77. The van der Waals surface area contributed by atoms with Crippen LogP contribution in [0.5, 0.6) is 0 Å². The highest BCUT2D eigenvalue weighted by atomic mass is 19.1. The zero-order valence-electron chi connectivity index (χ0n) is 16.5. The zero-order valence-corrected chi connectivity index (χ0v) is 16.5. The molecule has 1 atom stereocenters. The van der Waals surface area contributed by atoms with Gasteiger partial charge in [-0.15, -0.1) is 5.10 Å². The van der Waals surface area contributed by atoms with Gasteiger partial charge in [0.05, 0.1) is 12.7 Å². The molecule has 29 heavy (non-hydrogen) atoms. The smallest absolute Gasteiger partial charge is 0.276 e. The number of piperidine rings is 1. The Labute approximate surface area is 169 Å². The van der Waals surface area contributed by atoms with E-state index in [-0.39, 0.29) is 35.9 Å². The number of hydrogen-bond donors (Lipinski definition) is 0. The van der Waals surface area contributed by atoms with E-state index in [4.69, 9.17) is 0 Å². The summed E-state index contributed by atoms with van der Waals surface area (Å²) in [7, 11) is 0. The van der Waals surface area contributed by atoms with Crippen molar-refractivity contribution in [1.82, 2.24) is 24.8 Å². The molecule has 0 radical (unpaired) electrons. The Morgan fingerprint density at radius 1 is 1.17 bits per heavy atom. The number of likely N-dealkylation sites (tertiary alicyclic amines) is 2. The molecule has 154 valence electrons. The Morgan fingerprint density at radius 2 is 2.03 bits per heavy atom. The van der Waals surface area contributed by atoms with Gasteiger partial charge in [0.25, 0.3) is 5.91 Å². The van der Waals surface area contributed by atoms with Crippen LogP contribution in [0, 0.1) is 5.82 Å². The van der Waals surface area contributed by atoms with E-state index in [1.165, 1.54) is 10.7 Å². The standard InChI is InChI=1S/C21H26FN5O2/c22-18-8-2-1-6-16(18)14-26-15-19(23-24-26)21(29)27-12-4-3-7-17(27)10-13-25-11-5-9-20(25)28/h1-2,6,8,15,17H,3-5,7,9-14H2/t17-/m1/s1. The van der Waals surface area contributed by atoms with Crippen molar-refractivity contribution in [3.8, 4) is 0 Å². The molecule has 2 aliphatic heterocycles. The van der Waals surface area contributed by atoms with E-state index in [2.05, 4.69) is 10.3 Å². The monoisotopic (exact) mass is 399 g/mol. The number of carbonyl (C=O) groups excluding carboxylic acids is 2. The van der Waals surface area contributed by atoms with Crippen molar-refractivity contribution in [3.63, 3.8) is 0 Å². The fourth-order valence-corrected chi connectivity index (χ4v) is 4.24. The Morgan fingerprint density at radius 3 is 2.83 bits per heavy atom. The van der Waals surface area contributed by atoms with E-state index in [0.717, 1.165) is 38.6 Å². The SMILES string of the molecule is O=C1CCCN1CC[C@H]1CCCCN1C(=O)c1cn(Cc2ccccc2F)nn1. The first-order valence-corrected chi connectivity index (χ1v) is 10.3. The van der Waals surface area contributed by atoms with E-state index in [9.17, 15) is 14.0 Å². The molecule has 2 aromatic rings. The number of halogens is 1. The molecule has 0 N–H and O–H groups in total. The van der Waals surface area contributed by atoms with Crippen molar-refractivity contribution in [1.29, 1.82) is 0 Å². The minimum Gasteiger partial charge on any atom is -0.343 e. The van der Waals surface area contributed by atoms with E-state index in [1.54, 1.807) is 24.4 Å². The third-order valence-electron chi connectivity index (χ3n) is 5.84. The molecule has 0 unspecified atom stereocenters. The summed E-state index contributed by atoms with van der Waals surface area (Å²) in [6, 6.07) is 6.62. The summed E-state index contributed by atoms with van der Waals surface area (Å²) in [6.07, 6.45) is 6.94. The fourth-order valence-electron chi connectivity index (χ4n) is 4.24. The summed E-state index contributed by atoms with van der Waals surface area (Å²) in [5.74, 6) is -0.222. The average Bonchev–Trinajstić information content (AvgIpc) is 3.37. The van der Waals surface area contributed by atoms with Crippen molar-refractivity contribution in [2.75, 3.05) is 19.6 Å². The van der Waals surface area contributed by atoms with Gasteiger partial charge in [0, 0.05) is 37.7 Å². The molecule has 2 fully saturated rings. The van der Waals surface area contributed by atoms with E-state index in [0.29, 0.717) is 25.1 Å². The predicted octanol–water partition coefficient (Wildman–Crippen LogP) is 2.47. The van der Waals surface area contributed by atoms with E-state index >= 15 is 0 Å². The van der Waals surface area contributed by atoms with Gasteiger partial charge < -0.3 is 9.80 Å². The molecular formula is C21H26FN5O2. The summed E-state index contributed by atoms with van der Waals surface area (Å²) < 4.78 is 15.4. The van der Waals surface area contributed by atoms with Crippen LogP contribution in [0.1, 0.15) is 54.6 Å². The van der Waals surface area contributed by atoms with Crippen molar-refractivity contribution >= 4 is 11.8 Å². The summed E-state index contributed by atoms with van der Waals surface area (Å²) in [4.78, 5) is 28.7. The molecule has 0 spiro atoms. The van der Waals surface area contributed by atoms with Gasteiger partial charge in [0.15, 0.2) is 5.69 Å². The van der Waals surface area contributed by atoms with Crippen LogP contribution < -0.4 is 0 Å². The van der Waals surface area contributed by atoms with Crippen LogP contribution in [0.2, 0.25) is 0 Å². The minimum absolute atomic E-state index is 0.112. The Kier molecular flexibility index (Phi) is 5.87. The first-order chi connectivity index (χ1) is 14.1. The number of amides is 2. The van der Waals surface area contributed by atoms with Crippen molar-refractivity contribution < 1.29 is 14.0 Å². The number of aromatic nitrogens is 3. The van der Waals surface area contributed by atoms with E-state index in [1.807, 2.05) is 9.80 Å². The lowest BCUT2D eigenvalue weighted by Crippen LogP contribution is -2.45. The summed E-state index contributed by atoms with van der Waals surface area (Å²) in [5, 5.41) is 8.05. The molecule has 8 heteroatoms. The highest BCUT2D eigenvalue weighted by Crippen LogP contribution is 2.23. The van der Waals surface area contributed by atoms with Crippen molar-refractivity contribution in [2.24, 2.45) is 0 Å². The average molecular weight is 399 g/mol. The predicted molar refractivity (Wildman–Crippen MR) is 105 cm³/mol. The zero-order chi connectivity index (χ0) is 20.2. The second-order valence-corrected chi connectivity index (χ2v) is 7.81. The van der Waals surface area contributed by atoms with Gasteiger partial charge in [-0.2, -0.15) is 0 Å². The minimum atomic E-state index is -0.302. The number of nitrogens with zero attached hydrogens (tertiary/aromatic N) is 5. The highest BCUT2D eigenvalue weighted by Gasteiger charge is 2.30. The van der Waals surface area contributed by atoms with Crippen LogP contribution >= 0.6 is 0 Å². The molecule has 1 aromatic heterocycles. The lowest BCUT2D eigenvalue weighted by molar-refractivity contribution is -0.127. The molecule has 1 aromatic carbocycles. The molecule has 2 amide bonds. The molecule has 0 bridgehead atoms. The molecule has 7 nitrogen and oxygen atoms in total. The van der Waals surface area contributed by atoms with Crippen LogP contribution in [0.4, 0.5) is 4.39 Å². The summed E-state index contributed by atoms with van der Waals surface area (Å²) in [5.41, 5.74) is 0.785. The summed E-state index contributed by atoms with van der Waals surface area (Å²) in [6.45, 7) is 2.45. The van der Waals surface area contributed by atoms with Crippen LogP contribution in [0.15, 0.2) is 30.5 Å². The third-order valence-corrected chi connectivity index (χ3v) is 5.84. The molecule has 0 aliphatic carbocycles. The Balaban J connectivity index is 1.41. The van der Waals surface area contributed by atoms with Gasteiger partial charge in [-0.3, -0.25) is 9.59 Å². The largest absolute Gasteiger partial charge is 0.343 e. The summed E-state index contributed by atoms with van der Waals surface area (Å²) >= 11 is 0. The van der Waals surface area contributed by atoms with Crippen molar-refractivity contribution in [3.05, 3.63) is 47.5 Å². The maximum absolute atomic E-state index is 13.9. The number of rotatable bonds is 6. The Bertz CT molecular complexity index is 883. The molecule has 2 aliphatic rings. The lowest BCUT2D eigenvalue weighted by atomic mass is 9.98. The van der Waals surface area contributed by atoms with Gasteiger partial charge in [0.2, 0.25) is 5.91 Å². The van der Waals surface area contributed by atoms with E-state index < -0.39 is 0 Å². The molecule has 2 saturated heterocycles. The molecular weight excluding hydrogens is 373 g/mol. The second kappa shape index (κ2) is 8.71. The van der Waals surface area contributed by atoms with Gasteiger partial charge in [0.1, 0.15) is 5.82 Å². The lowest BCUT2D eigenvalue weighted by Gasteiger charge is -2.36. The third kappa shape index (κ3) is 4.46. The topological polar surface area (TPSA) is 71.3 Å². The molecule has 4 rings (SSSR count). The van der Waals surface area contributed by atoms with Crippen LogP contribution in [-0.2, 0) is 11.3 Å². The normalized spacial score (nSPS) is 19.8. The van der Waals surface area contributed by atoms with Gasteiger partial charge in [-0.1, -0.05) is 23.4 Å². The van der Waals surface area contributed by atoms with Gasteiger partial charge in [-0.05, 0) is 38.2 Å². The van der Waals surface area contributed by atoms with Crippen LogP contribution in [0.25, 0.3) is 0 Å². The number of carbonyl (C=O) groups is 2. The first-order valence-electron chi connectivity index (χ1n) is 10.3. The molecule has 0 saturated carbocycles. The quantitative estimate of drug-likeness (QED) is 0.748. The fraction of sp³-hybridized carbons (Fsp3) is 0.524.